The van der Waals surface area contributed by atoms with Crippen LogP contribution < -0.4 is 0 Å². The molecule has 72 valence electrons. The van der Waals surface area contributed by atoms with Gasteiger partial charge in [0.2, 0.25) is 0 Å². The molecule has 0 aliphatic heterocycles. The minimum Gasteiger partial charge on any atom is -0.772 e. The number of rotatable bonds is 4. The van der Waals surface area contributed by atoms with Crippen LogP contribution in [0.3, 0.4) is 0 Å². The fourth-order valence-electron chi connectivity index (χ4n) is 0.454. The van der Waals surface area contributed by atoms with Gasteiger partial charge in [-0.15, -0.1) is 0 Å². The first kappa shape index (κ1) is 14.1. The smallest absolute Gasteiger partial charge is 0.0621 e. The van der Waals surface area contributed by atoms with Crippen LogP contribution in [-0.2, 0) is 11.1 Å². The summed E-state index contributed by atoms with van der Waals surface area (Å²) in [4.78, 5) is 0. The molecule has 0 rings (SSSR count). The minimum atomic E-state index is -1.82. The zero-order chi connectivity index (χ0) is 9.82. The van der Waals surface area contributed by atoms with Crippen molar-refractivity contribution >= 4 is 11.1 Å². The Bertz CT molecular complexity index is 142. The zero-order valence-corrected chi connectivity index (χ0v) is 8.52. The van der Waals surface area contributed by atoms with Crippen LogP contribution in [0.25, 0.3) is 0 Å². The number of unbranched alkanes of at least 4 members (excludes halogenated alkanes) is 3. The number of nitriles is 1. The number of hydrogen-bond acceptors (Lipinski definition) is 3. The van der Waals surface area contributed by atoms with Crippen LogP contribution in [0.2, 0.25) is 0 Å². The highest BCUT2D eigenvalue weighted by Crippen LogP contribution is 1.95. The molecule has 0 radical (unpaired) electrons. The van der Waals surface area contributed by atoms with Crippen LogP contribution in [0.1, 0.15) is 39.5 Å². The Morgan fingerprint density at radius 1 is 1.42 bits per heavy atom. The summed E-state index contributed by atoms with van der Waals surface area (Å²) < 4.78 is 18.7. The number of nitrogens with zero attached hydrogens (tertiary/aromatic N) is 1. The first-order chi connectivity index (χ1) is 5.68. The maximum Gasteiger partial charge on any atom is 0.0621 e. The van der Waals surface area contributed by atoms with Crippen molar-refractivity contribution in [1.29, 1.82) is 5.26 Å². The van der Waals surface area contributed by atoms with Gasteiger partial charge in [-0.05, 0) is 6.42 Å². The quantitative estimate of drug-likeness (QED) is 0.503. The fraction of sp³-hybridized carbons (Fsp3) is 0.875. The van der Waals surface area contributed by atoms with Crippen LogP contribution in [0, 0.1) is 11.3 Å². The minimum absolute atomic E-state index is 0.222. The molecule has 0 fully saturated rings. The maximum absolute atomic E-state index is 9.37. The van der Waals surface area contributed by atoms with Crippen LogP contribution >= 0.6 is 0 Å². The lowest BCUT2D eigenvalue weighted by molar-refractivity contribution is 0.538. The van der Waals surface area contributed by atoms with E-state index >= 15 is 0 Å². The van der Waals surface area contributed by atoms with Crippen molar-refractivity contribution < 1.29 is 8.76 Å². The topological polar surface area (TPSA) is 63.9 Å². The van der Waals surface area contributed by atoms with Gasteiger partial charge in [-0.25, -0.2) is 0 Å². The molecule has 12 heavy (non-hydrogen) atoms. The second-order valence-electron chi connectivity index (χ2n) is 2.21. The van der Waals surface area contributed by atoms with Gasteiger partial charge >= 0.3 is 0 Å². The van der Waals surface area contributed by atoms with Gasteiger partial charge in [0.25, 0.3) is 0 Å². The molecule has 4 heteroatoms. The highest BCUT2D eigenvalue weighted by molar-refractivity contribution is 7.79. The molecule has 0 saturated heterocycles. The Hall–Kier alpha value is -0.400. The lowest BCUT2D eigenvalue weighted by Gasteiger charge is -1.93. The molecule has 0 heterocycles. The van der Waals surface area contributed by atoms with Crippen molar-refractivity contribution in [3.63, 3.8) is 0 Å². The molecule has 0 aromatic carbocycles. The van der Waals surface area contributed by atoms with E-state index in [1.165, 1.54) is 12.8 Å². The summed E-state index contributed by atoms with van der Waals surface area (Å²) in [7, 11) is 0. The lowest BCUT2D eigenvalue weighted by atomic mass is 10.2. The summed E-state index contributed by atoms with van der Waals surface area (Å²) in [6.07, 6.45) is 4.22. The molecule has 3 nitrogen and oxygen atoms in total. The van der Waals surface area contributed by atoms with Gasteiger partial charge in [-0.3, -0.25) is 4.21 Å². The van der Waals surface area contributed by atoms with Crippen LogP contribution in [0.15, 0.2) is 0 Å². The van der Waals surface area contributed by atoms with Gasteiger partial charge in [-0.2, -0.15) is 5.26 Å². The largest absolute Gasteiger partial charge is 0.772 e. The zero-order valence-electron chi connectivity index (χ0n) is 7.71. The van der Waals surface area contributed by atoms with E-state index in [-0.39, 0.29) is 5.75 Å². The van der Waals surface area contributed by atoms with Crippen molar-refractivity contribution in [2.24, 2.45) is 0 Å². The third-order valence-corrected chi connectivity index (χ3v) is 1.60. The molecule has 1 atom stereocenters. The Balaban J connectivity index is 0. The Morgan fingerprint density at radius 3 is 2.17 bits per heavy atom. The Kier molecular flexibility index (Phi) is 15.6. The number of hydrogen-bond donors (Lipinski definition) is 0. The van der Waals surface area contributed by atoms with Gasteiger partial charge in [0.15, 0.2) is 0 Å². The molecule has 0 aromatic rings. The molecule has 0 N–H and O–H groups in total. The predicted octanol–water partition coefficient (Wildman–Crippen LogP) is 1.98. The van der Waals surface area contributed by atoms with E-state index in [0.29, 0.717) is 0 Å². The van der Waals surface area contributed by atoms with E-state index in [1.54, 1.807) is 6.92 Å². The van der Waals surface area contributed by atoms with E-state index in [4.69, 9.17) is 5.26 Å². The van der Waals surface area contributed by atoms with Crippen LogP contribution in [-0.4, -0.2) is 14.5 Å². The first-order valence-electron chi connectivity index (χ1n) is 4.11. The van der Waals surface area contributed by atoms with Crippen molar-refractivity contribution in [3.05, 3.63) is 0 Å². The summed E-state index contributed by atoms with van der Waals surface area (Å²) in [6, 6.07) is 2.10. The average molecular weight is 190 g/mol. The molecule has 0 aliphatic rings. The van der Waals surface area contributed by atoms with Crippen molar-refractivity contribution in [2.75, 3.05) is 5.75 Å². The molecule has 0 aliphatic carbocycles. The summed E-state index contributed by atoms with van der Waals surface area (Å²) in [5.41, 5.74) is 0. The van der Waals surface area contributed by atoms with Crippen molar-refractivity contribution in [3.8, 4) is 6.07 Å². The normalized spacial score (nSPS) is 10.8. The molecule has 0 saturated carbocycles. The highest BCUT2D eigenvalue weighted by Gasteiger charge is 1.79. The molecular formula is C8H16NO2S-. The lowest BCUT2D eigenvalue weighted by Crippen LogP contribution is -1.85. The average Bonchev–Trinajstić information content (AvgIpc) is 2.07. The third-order valence-electron chi connectivity index (χ3n) is 1.13. The summed E-state index contributed by atoms with van der Waals surface area (Å²) in [5.74, 6) is 0.222. The first-order valence-corrected chi connectivity index (χ1v) is 5.36. The summed E-state index contributed by atoms with van der Waals surface area (Å²) in [6.45, 7) is 3.72. The van der Waals surface area contributed by atoms with Crippen molar-refractivity contribution in [2.45, 2.75) is 39.5 Å². The van der Waals surface area contributed by atoms with E-state index in [1.807, 2.05) is 0 Å². The Labute approximate surface area is 77.1 Å². The van der Waals surface area contributed by atoms with Gasteiger partial charge in [0, 0.05) is 12.2 Å². The molecule has 0 spiro atoms. The monoisotopic (exact) mass is 190 g/mol. The summed E-state index contributed by atoms with van der Waals surface area (Å²) in [5, 5.41) is 8.04. The molecular weight excluding hydrogens is 174 g/mol. The van der Waals surface area contributed by atoms with Gasteiger partial charge < -0.3 is 4.55 Å². The van der Waals surface area contributed by atoms with Gasteiger partial charge in [-0.1, -0.05) is 37.8 Å². The van der Waals surface area contributed by atoms with E-state index < -0.39 is 11.1 Å². The highest BCUT2D eigenvalue weighted by atomic mass is 32.2. The SMILES string of the molecule is CCCCCC#N.CCS(=O)[O-]. The van der Waals surface area contributed by atoms with E-state index in [9.17, 15) is 8.76 Å². The van der Waals surface area contributed by atoms with Gasteiger partial charge in [0.05, 0.1) is 6.07 Å². The second-order valence-corrected chi connectivity index (χ2v) is 3.39. The van der Waals surface area contributed by atoms with E-state index in [2.05, 4.69) is 13.0 Å². The summed E-state index contributed by atoms with van der Waals surface area (Å²) >= 11 is -1.82. The molecule has 0 amide bonds. The van der Waals surface area contributed by atoms with Crippen molar-refractivity contribution in [1.82, 2.24) is 0 Å². The van der Waals surface area contributed by atoms with E-state index in [0.717, 1.165) is 12.8 Å². The molecule has 0 bridgehead atoms. The molecule has 0 aromatic heterocycles. The second kappa shape index (κ2) is 13.2. The van der Waals surface area contributed by atoms with Crippen LogP contribution in [0.5, 0.6) is 0 Å². The molecule has 1 unspecified atom stereocenters. The van der Waals surface area contributed by atoms with Gasteiger partial charge in [0.1, 0.15) is 0 Å². The Morgan fingerprint density at radius 2 is 1.92 bits per heavy atom. The predicted molar refractivity (Wildman–Crippen MR) is 49.2 cm³/mol. The maximum atomic E-state index is 9.37. The third kappa shape index (κ3) is 22.6. The van der Waals surface area contributed by atoms with Crippen LogP contribution in [0.4, 0.5) is 0 Å². The fourth-order valence-corrected chi connectivity index (χ4v) is 0.454. The standard InChI is InChI=1S/C6H11N.C2H6O2S/c1-2-3-4-5-6-7;1-2-5(3)4/h2-5H2,1H3;2H2,1H3,(H,3,4)/p-1.